The largest absolute Gasteiger partial charge is 0.481 e. The number of nitrogens with zero attached hydrogens (tertiary/aromatic N) is 1. The third kappa shape index (κ3) is 4.32. The fourth-order valence-electron chi connectivity index (χ4n) is 2.49. The van der Waals surface area contributed by atoms with Gasteiger partial charge in [0.1, 0.15) is 17.2 Å². The number of amides is 1. The highest BCUT2D eigenvalue weighted by Gasteiger charge is 2.19. The number of nitrogens with two attached hydrogens (primary N) is 1. The van der Waals surface area contributed by atoms with Gasteiger partial charge >= 0.3 is 5.97 Å². The Morgan fingerprint density at radius 1 is 1.07 bits per heavy atom. The quantitative estimate of drug-likeness (QED) is 0.487. The zero-order valence-corrected chi connectivity index (χ0v) is 16.0. The van der Waals surface area contributed by atoms with Crippen molar-refractivity contribution < 1.29 is 19.1 Å². The maximum atomic E-state index is 12.5. The van der Waals surface area contributed by atoms with E-state index >= 15 is 0 Å². The summed E-state index contributed by atoms with van der Waals surface area (Å²) in [6.07, 6.45) is -0.757. The Morgan fingerprint density at radius 3 is 2.29 bits per heavy atom. The van der Waals surface area contributed by atoms with Crippen LogP contribution in [0, 0.1) is 6.92 Å². The number of benzene rings is 2. The lowest BCUT2D eigenvalue weighted by Crippen LogP contribution is -2.30. The average molecular weight is 400 g/mol. The summed E-state index contributed by atoms with van der Waals surface area (Å²) in [6.45, 7) is 3.34. The molecule has 1 heterocycles. The van der Waals surface area contributed by atoms with Crippen LogP contribution in [-0.2, 0) is 4.79 Å². The van der Waals surface area contributed by atoms with E-state index in [4.69, 9.17) is 26.8 Å². The molecule has 1 atom stereocenters. The summed E-state index contributed by atoms with van der Waals surface area (Å²) in [5, 5.41) is 7.55. The van der Waals surface area contributed by atoms with Crippen LogP contribution in [-0.4, -0.2) is 28.2 Å². The van der Waals surface area contributed by atoms with Crippen molar-refractivity contribution in [2.24, 2.45) is 5.73 Å². The Balaban J connectivity index is 1.71. The number of hydrogen-bond acceptors (Lipinski definition) is 5. The summed E-state index contributed by atoms with van der Waals surface area (Å²) in [7, 11) is 0. The Hall–Kier alpha value is -3.32. The molecule has 0 aliphatic carbocycles. The lowest BCUT2D eigenvalue weighted by Gasteiger charge is -2.11. The van der Waals surface area contributed by atoms with Gasteiger partial charge in [-0.05, 0) is 50.2 Å². The number of halogens is 1. The molecule has 0 saturated heterocycles. The predicted molar refractivity (Wildman–Crippen MR) is 104 cm³/mol. The Morgan fingerprint density at radius 2 is 1.68 bits per heavy atom. The van der Waals surface area contributed by atoms with Gasteiger partial charge in [-0.2, -0.15) is 5.10 Å². The van der Waals surface area contributed by atoms with Gasteiger partial charge in [0.2, 0.25) is 0 Å². The summed E-state index contributed by atoms with van der Waals surface area (Å²) in [6, 6.07) is 13.5. The molecule has 0 aliphatic heterocycles. The van der Waals surface area contributed by atoms with E-state index in [9.17, 15) is 9.59 Å². The second-order valence-corrected chi connectivity index (χ2v) is 6.54. The Bertz CT molecular complexity index is 997. The number of esters is 1. The van der Waals surface area contributed by atoms with Crippen LogP contribution in [0.4, 0.5) is 0 Å². The van der Waals surface area contributed by atoms with Crippen LogP contribution in [0.3, 0.4) is 0 Å². The molecule has 7 nitrogen and oxygen atoms in total. The normalized spacial score (nSPS) is 11.7. The molecule has 8 heteroatoms. The first-order valence-electron chi connectivity index (χ1n) is 8.44. The molecule has 3 N–H and O–H groups in total. The fourth-order valence-corrected chi connectivity index (χ4v) is 2.62. The lowest BCUT2D eigenvalue weighted by atomic mass is 10.1. The van der Waals surface area contributed by atoms with Crippen LogP contribution in [0.2, 0.25) is 5.02 Å². The molecule has 0 bridgehead atoms. The van der Waals surface area contributed by atoms with Crippen molar-refractivity contribution in [3.63, 3.8) is 0 Å². The molecule has 0 spiro atoms. The minimum Gasteiger partial charge on any atom is -0.481 e. The molecular formula is C20H18ClN3O4. The van der Waals surface area contributed by atoms with Gasteiger partial charge < -0.3 is 15.2 Å². The molecule has 3 aromatic rings. The van der Waals surface area contributed by atoms with Crippen molar-refractivity contribution in [2.75, 3.05) is 0 Å². The van der Waals surface area contributed by atoms with E-state index in [2.05, 4.69) is 10.2 Å². The highest BCUT2D eigenvalue weighted by atomic mass is 35.5. The van der Waals surface area contributed by atoms with Gasteiger partial charge in [0.05, 0.1) is 5.69 Å². The standard InChI is InChI=1S/C20H18ClN3O4/c1-11-17(13-3-5-14(21)6-4-13)23-24-18(11)20(26)28-16-9-7-15(8-10-16)27-12(2)19(22)25/h3-10,12H,1-2H3,(H2,22,25)(H,23,24)/t12-/m0/s1. The van der Waals surface area contributed by atoms with Gasteiger partial charge in [-0.1, -0.05) is 23.7 Å². The molecule has 0 saturated carbocycles. The highest BCUT2D eigenvalue weighted by molar-refractivity contribution is 6.30. The van der Waals surface area contributed by atoms with Gasteiger partial charge in [0.15, 0.2) is 6.10 Å². The van der Waals surface area contributed by atoms with E-state index < -0.39 is 18.0 Å². The molecule has 1 aromatic heterocycles. The predicted octanol–water partition coefficient (Wildman–Crippen LogP) is 3.51. The van der Waals surface area contributed by atoms with Gasteiger partial charge in [-0.25, -0.2) is 4.79 Å². The number of hydrogen-bond donors (Lipinski definition) is 2. The second-order valence-electron chi connectivity index (χ2n) is 6.10. The first-order valence-corrected chi connectivity index (χ1v) is 8.82. The van der Waals surface area contributed by atoms with Crippen molar-refractivity contribution in [3.05, 3.63) is 64.8 Å². The summed E-state index contributed by atoms with van der Waals surface area (Å²) >= 11 is 5.90. The molecule has 1 amide bonds. The molecule has 3 rings (SSSR count). The van der Waals surface area contributed by atoms with E-state index in [1.807, 2.05) is 12.1 Å². The smallest absolute Gasteiger partial charge is 0.362 e. The summed E-state index contributed by atoms with van der Waals surface area (Å²) in [5.41, 5.74) is 7.57. The van der Waals surface area contributed by atoms with E-state index in [0.29, 0.717) is 27.8 Å². The van der Waals surface area contributed by atoms with Crippen LogP contribution < -0.4 is 15.2 Å². The number of carbonyl (C=O) groups is 2. The second kappa shape index (κ2) is 8.14. The molecule has 28 heavy (non-hydrogen) atoms. The maximum absolute atomic E-state index is 12.5. The minimum atomic E-state index is -0.757. The van der Waals surface area contributed by atoms with Crippen molar-refractivity contribution in [1.29, 1.82) is 0 Å². The van der Waals surface area contributed by atoms with Crippen LogP contribution in [0.15, 0.2) is 48.5 Å². The van der Waals surface area contributed by atoms with E-state index in [1.54, 1.807) is 50.2 Å². The number of ether oxygens (including phenoxy) is 2. The number of rotatable bonds is 6. The van der Waals surface area contributed by atoms with Crippen molar-refractivity contribution in [3.8, 4) is 22.8 Å². The van der Waals surface area contributed by atoms with Crippen molar-refractivity contribution >= 4 is 23.5 Å². The van der Waals surface area contributed by atoms with E-state index in [-0.39, 0.29) is 5.69 Å². The van der Waals surface area contributed by atoms with Crippen molar-refractivity contribution in [2.45, 2.75) is 20.0 Å². The number of aromatic nitrogens is 2. The molecule has 0 fully saturated rings. The fraction of sp³-hybridized carbons (Fsp3) is 0.150. The topological polar surface area (TPSA) is 107 Å². The number of H-pyrrole nitrogens is 1. The van der Waals surface area contributed by atoms with E-state index in [0.717, 1.165) is 5.56 Å². The molecule has 2 aromatic carbocycles. The average Bonchev–Trinajstić information content (AvgIpc) is 3.05. The number of aromatic amines is 1. The maximum Gasteiger partial charge on any atom is 0.362 e. The third-order valence-corrected chi connectivity index (χ3v) is 4.33. The van der Waals surface area contributed by atoms with Crippen LogP contribution >= 0.6 is 11.6 Å². The molecule has 0 radical (unpaired) electrons. The molecule has 0 unspecified atom stereocenters. The summed E-state index contributed by atoms with van der Waals surface area (Å²) < 4.78 is 10.7. The van der Waals surface area contributed by atoms with Gasteiger partial charge in [-0.3, -0.25) is 9.89 Å². The van der Waals surface area contributed by atoms with E-state index in [1.165, 1.54) is 0 Å². The highest BCUT2D eigenvalue weighted by Crippen LogP contribution is 2.26. The molecular weight excluding hydrogens is 382 g/mol. The first kappa shape index (κ1) is 19.4. The number of nitrogens with one attached hydrogen (secondary N) is 1. The summed E-state index contributed by atoms with van der Waals surface area (Å²) in [4.78, 5) is 23.5. The third-order valence-electron chi connectivity index (χ3n) is 4.08. The lowest BCUT2D eigenvalue weighted by molar-refractivity contribution is -0.123. The number of primary amides is 1. The van der Waals surface area contributed by atoms with Gasteiger partial charge in [-0.15, -0.1) is 0 Å². The summed E-state index contributed by atoms with van der Waals surface area (Å²) in [5.74, 6) is -0.369. The van der Waals surface area contributed by atoms with Gasteiger partial charge in [0, 0.05) is 16.1 Å². The Labute approximate surface area is 166 Å². The SMILES string of the molecule is Cc1c(-c2ccc(Cl)cc2)n[nH]c1C(=O)Oc1ccc(O[C@@H](C)C(N)=O)cc1. The zero-order chi connectivity index (χ0) is 20.3. The van der Waals surface area contributed by atoms with Crippen molar-refractivity contribution in [1.82, 2.24) is 10.2 Å². The molecule has 0 aliphatic rings. The Kier molecular flexibility index (Phi) is 5.65. The minimum absolute atomic E-state index is 0.257. The molecule has 144 valence electrons. The van der Waals surface area contributed by atoms with Crippen LogP contribution in [0.25, 0.3) is 11.3 Å². The zero-order valence-electron chi connectivity index (χ0n) is 15.2. The monoisotopic (exact) mass is 399 g/mol. The van der Waals surface area contributed by atoms with Crippen LogP contribution in [0.5, 0.6) is 11.5 Å². The van der Waals surface area contributed by atoms with Gasteiger partial charge in [0.25, 0.3) is 5.91 Å². The first-order chi connectivity index (χ1) is 13.3. The van der Waals surface area contributed by atoms with Crippen LogP contribution in [0.1, 0.15) is 23.0 Å². The number of carbonyl (C=O) groups excluding carboxylic acids is 2.